The number of carbonyl (C=O) groups excluding carboxylic acids is 2. The van der Waals surface area contributed by atoms with Crippen molar-refractivity contribution in [3.8, 4) is 5.75 Å². The van der Waals surface area contributed by atoms with Gasteiger partial charge in [-0.1, -0.05) is 25.5 Å². The largest absolute Gasteiger partial charge is 0.497 e. The number of rotatable bonds is 9. The van der Waals surface area contributed by atoms with Crippen LogP contribution in [0.15, 0.2) is 48.5 Å². The van der Waals surface area contributed by atoms with Crippen molar-refractivity contribution in [3.05, 3.63) is 54.1 Å². The van der Waals surface area contributed by atoms with Crippen molar-refractivity contribution < 1.29 is 19.1 Å². The van der Waals surface area contributed by atoms with Crippen LogP contribution in [0, 0.1) is 0 Å². The van der Waals surface area contributed by atoms with Crippen LogP contribution in [0.1, 0.15) is 30.1 Å². The molecule has 2 aromatic rings. The Labute approximate surface area is 153 Å². The fourth-order valence-electron chi connectivity index (χ4n) is 2.25. The van der Waals surface area contributed by atoms with Crippen molar-refractivity contribution >= 4 is 23.3 Å². The second kappa shape index (κ2) is 10.1. The van der Waals surface area contributed by atoms with Gasteiger partial charge in [-0.15, -0.1) is 0 Å². The van der Waals surface area contributed by atoms with E-state index in [1.807, 2.05) is 37.3 Å². The van der Waals surface area contributed by atoms with Gasteiger partial charge in [-0.05, 0) is 42.8 Å². The molecule has 0 saturated heterocycles. The number of anilines is 2. The molecule has 0 fully saturated rings. The first-order chi connectivity index (χ1) is 12.6. The maximum absolute atomic E-state index is 12.4. The molecule has 1 amide bonds. The van der Waals surface area contributed by atoms with Gasteiger partial charge in [0.1, 0.15) is 12.3 Å². The molecule has 0 aliphatic rings. The lowest BCUT2D eigenvalue weighted by Gasteiger charge is -2.12. The number of methoxy groups -OCH3 is 1. The number of benzene rings is 2. The third kappa shape index (κ3) is 5.81. The smallest absolute Gasteiger partial charge is 0.325 e. The lowest BCUT2D eigenvalue weighted by atomic mass is 10.1. The Morgan fingerprint density at radius 1 is 1.04 bits per heavy atom. The number of esters is 1. The van der Waals surface area contributed by atoms with Gasteiger partial charge in [0.05, 0.1) is 25.0 Å². The highest BCUT2D eigenvalue weighted by atomic mass is 16.5. The highest BCUT2D eigenvalue weighted by molar-refractivity contribution is 6.01. The molecular formula is C20H24N2O4. The van der Waals surface area contributed by atoms with Gasteiger partial charge in [0.15, 0.2) is 0 Å². The first kappa shape index (κ1) is 19.3. The minimum Gasteiger partial charge on any atom is -0.497 e. The number of nitrogens with one attached hydrogen (secondary N) is 2. The number of hydrogen-bond donors (Lipinski definition) is 2. The Morgan fingerprint density at radius 3 is 2.46 bits per heavy atom. The molecule has 0 unspecified atom stereocenters. The third-order valence-electron chi connectivity index (χ3n) is 3.69. The van der Waals surface area contributed by atoms with Gasteiger partial charge >= 0.3 is 5.97 Å². The molecule has 0 aromatic heterocycles. The Kier molecular flexibility index (Phi) is 7.49. The number of carbonyl (C=O) groups is 2. The monoisotopic (exact) mass is 356 g/mol. The van der Waals surface area contributed by atoms with Crippen molar-refractivity contribution in [1.82, 2.24) is 5.32 Å². The van der Waals surface area contributed by atoms with Gasteiger partial charge in [-0.3, -0.25) is 9.59 Å². The minimum atomic E-state index is -0.438. The Morgan fingerprint density at radius 2 is 1.77 bits per heavy atom. The summed E-state index contributed by atoms with van der Waals surface area (Å²) in [5.41, 5.74) is 1.92. The Balaban J connectivity index is 1.98. The Bertz CT molecular complexity index is 729. The normalized spacial score (nSPS) is 10.1. The van der Waals surface area contributed by atoms with Crippen LogP contribution in [0.2, 0.25) is 0 Å². The molecule has 0 bridgehead atoms. The molecule has 0 saturated carbocycles. The van der Waals surface area contributed by atoms with Crippen LogP contribution in [-0.2, 0) is 9.53 Å². The van der Waals surface area contributed by atoms with Crippen molar-refractivity contribution in [1.29, 1.82) is 0 Å². The van der Waals surface area contributed by atoms with E-state index >= 15 is 0 Å². The predicted octanol–water partition coefficient (Wildman–Crippen LogP) is 3.51. The zero-order valence-corrected chi connectivity index (χ0v) is 15.1. The molecule has 0 aliphatic carbocycles. The van der Waals surface area contributed by atoms with E-state index in [1.165, 1.54) is 0 Å². The molecule has 2 aromatic carbocycles. The maximum atomic E-state index is 12.4. The fraction of sp³-hybridized carbons (Fsp3) is 0.300. The number of unbranched alkanes of at least 4 members (excludes halogenated alkanes) is 1. The molecule has 26 heavy (non-hydrogen) atoms. The first-order valence-electron chi connectivity index (χ1n) is 8.58. The molecular weight excluding hydrogens is 332 g/mol. The molecule has 0 spiro atoms. The summed E-state index contributed by atoms with van der Waals surface area (Å²) in [4.78, 5) is 24.0. The summed E-state index contributed by atoms with van der Waals surface area (Å²) in [5, 5.41) is 5.80. The summed E-state index contributed by atoms with van der Waals surface area (Å²) in [5.74, 6) is -0.0235. The van der Waals surface area contributed by atoms with Crippen molar-refractivity contribution in [2.24, 2.45) is 0 Å². The van der Waals surface area contributed by atoms with E-state index in [2.05, 4.69) is 10.6 Å². The summed E-state index contributed by atoms with van der Waals surface area (Å²) >= 11 is 0. The number of para-hydroxylation sites is 1. The summed E-state index contributed by atoms with van der Waals surface area (Å²) in [7, 11) is 1.61. The van der Waals surface area contributed by atoms with Gasteiger partial charge in [0.25, 0.3) is 5.91 Å². The van der Waals surface area contributed by atoms with Crippen molar-refractivity contribution in [2.45, 2.75) is 19.8 Å². The van der Waals surface area contributed by atoms with E-state index in [-0.39, 0.29) is 12.5 Å². The van der Waals surface area contributed by atoms with Gasteiger partial charge < -0.3 is 20.1 Å². The van der Waals surface area contributed by atoms with Gasteiger partial charge in [-0.2, -0.15) is 0 Å². The second-order valence-corrected chi connectivity index (χ2v) is 5.66. The molecule has 0 radical (unpaired) electrons. The standard InChI is InChI=1S/C20H24N2O4/c1-3-4-13-26-19(23)14-21-20(24)17-7-5-6-8-18(17)22-15-9-11-16(25-2)12-10-15/h5-12,22H,3-4,13-14H2,1-2H3,(H,21,24). The average molecular weight is 356 g/mol. The number of hydrogen-bond acceptors (Lipinski definition) is 5. The Hall–Kier alpha value is -3.02. The topological polar surface area (TPSA) is 76.7 Å². The molecule has 0 heterocycles. The molecule has 0 aliphatic heterocycles. The molecule has 0 atom stereocenters. The van der Waals surface area contributed by atoms with E-state index in [4.69, 9.17) is 9.47 Å². The maximum Gasteiger partial charge on any atom is 0.325 e. The van der Waals surface area contributed by atoms with Crippen LogP contribution in [0.5, 0.6) is 5.75 Å². The first-order valence-corrected chi connectivity index (χ1v) is 8.58. The SMILES string of the molecule is CCCCOC(=O)CNC(=O)c1ccccc1Nc1ccc(OC)cc1. The van der Waals surface area contributed by atoms with E-state index in [0.717, 1.165) is 24.3 Å². The van der Waals surface area contributed by atoms with Crippen LogP contribution in [0.4, 0.5) is 11.4 Å². The van der Waals surface area contributed by atoms with Crippen molar-refractivity contribution in [3.63, 3.8) is 0 Å². The fourth-order valence-corrected chi connectivity index (χ4v) is 2.25. The molecule has 6 nitrogen and oxygen atoms in total. The van der Waals surface area contributed by atoms with Crippen LogP contribution < -0.4 is 15.4 Å². The van der Waals surface area contributed by atoms with Gasteiger partial charge in [0, 0.05) is 5.69 Å². The number of ether oxygens (including phenoxy) is 2. The van der Waals surface area contributed by atoms with Crippen molar-refractivity contribution in [2.75, 3.05) is 25.6 Å². The minimum absolute atomic E-state index is 0.153. The van der Waals surface area contributed by atoms with Gasteiger partial charge in [-0.25, -0.2) is 0 Å². The summed E-state index contributed by atoms with van der Waals surface area (Å²) < 4.78 is 10.2. The summed E-state index contributed by atoms with van der Waals surface area (Å²) in [6.07, 6.45) is 1.76. The molecule has 138 valence electrons. The lowest BCUT2D eigenvalue weighted by molar-refractivity contribution is -0.142. The van der Waals surface area contributed by atoms with Crippen LogP contribution in [0.3, 0.4) is 0 Å². The van der Waals surface area contributed by atoms with Gasteiger partial charge in [0.2, 0.25) is 0 Å². The predicted molar refractivity (Wildman–Crippen MR) is 101 cm³/mol. The molecule has 2 rings (SSSR count). The van der Waals surface area contributed by atoms with E-state index < -0.39 is 5.97 Å². The zero-order chi connectivity index (χ0) is 18.8. The van der Waals surface area contributed by atoms with E-state index in [9.17, 15) is 9.59 Å². The van der Waals surface area contributed by atoms with Crippen LogP contribution in [-0.4, -0.2) is 32.1 Å². The zero-order valence-electron chi connectivity index (χ0n) is 15.1. The van der Waals surface area contributed by atoms with E-state index in [1.54, 1.807) is 25.3 Å². The highest BCUT2D eigenvalue weighted by Crippen LogP contribution is 2.22. The highest BCUT2D eigenvalue weighted by Gasteiger charge is 2.13. The van der Waals surface area contributed by atoms with E-state index in [0.29, 0.717) is 17.9 Å². The average Bonchev–Trinajstić information content (AvgIpc) is 2.67. The lowest BCUT2D eigenvalue weighted by Crippen LogP contribution is -2.31. The summed E-state index contributed by atoms with van der Waals surface area (Å²) in [6, 6.07) is 14.5. The third-order valence-corrected chi connectivity index (χ3v) is 3.69. The molecule has 6 heteroatoms. The van der Waals surface area contributed by atoms with Crippen LogP contribution in [0.25, 0.3) is 0 Å². The summed E-state index contributed by atoms with van der Waals surface area (Å²) in [6.45, 7) is 2.24. The second-order valence-electron chi connectivity index (χ2n) is 5.66. The van der Waals surface area contributed by atoms with Crippen LogP contribution >= 0.6 is 0 Å². The number of amides is 1. The quantitative estimate of drug-likeness (QED) is 0.531. The molecule has 2 N–H and O–H groups in total.